The first-order chi connectivity index (χ1) is 12.5. The molecule has 1 aliphatic rings. The lowest BCUT2D eigenvalue weighted by atomic mass is 9.79. The van der Waals surface area contributed by atoms with E-state index in [9.17, 15) is 4.79 Å². The third-order valence-electron chi connectivity index (χ3n) is 4.97. The molecule has 0 aliphatic carbocycles. The number of halogens is 1. The number of benzene rings is 1. The molecular formula is C19H25ClN4O2. The molecule has 26 heavy (non-hydrogen) atoms. The van der Waals surface area contributed by atoms with Crippen LogP contribution in [0.1, 0.15) is 28.9 Å². The van der Waals surface area contributed by atoms with E-state index in [4.69, 9.17) is 16.3 Å². The van der Waals surface area contributed by atoms with Crippen LogP contribution in [0.25, 0.3) is 5.69 Å². The van der Waals surface area contributed by atoms with E-state index in [-0.39, 0.29) is 11.3 Å². The van der Waals surface area contributed by atoms with Crippen LogP contribution >= 0.6 is 11.6 Å². The molecule has 0 spiro atoms. The molecule has 1 aliphatic heterocycles. The van der Waals surface area contributed by atoms with E-state index in [0.717, 1.165) is 31.6 Å². The Morgan fingerprint density at radius 1 is 1.35 bits per heavy atom. The molecule has 1 aromatic carbocycles. The van der Waals surface area contributed by atoms with Gasteiger partial charge in [-0.1, -0.05) is 11.6 Å². The van der Waals surface area contributed by atoms with Crippen LogP contribution in [0.3, 0.4) is 0 Å². The van der Waals surface area contributed by atoms with Gasteiger partial charge in [0.15, 0.2) is 0 Å². The Morgan fingerprint density at radius 2 is 2.04 bits per heavy atom. The second-order valence-corrected chi connectivity index (χ2v) is 7.35. The average Bonchev–Trinajstić information content (AvgIpc) is 3.03. The van der Waals surface area contributed by atoms with Gasteiger partial charge in [0, 0.05) is 30.3 Å². The summed E-state index contributed by atoms with van der Waals surface area (Å²) >= 11 is 5.93. The number of methoxy groups -OCH3 is 1. The molecule has 1 amide bonds. The maximum atomic E-state index is 12.7. The average molecular weight is 377 g/mol. The monoisotopic (exact) mass is 376 g/mol. The number of hydrogen-bond donors (Lipinski definition) is 2. The van der Waals surface area contributed by atoms with Crippen molar-refractivity contribution in [2.75, 3.05) is 33.4 Å². The molecule has 1 aromatic heterocycles. The summed E-state index contributed by atoms with van der Waals surface area (Å²) in [5.41, 5.74) is 2.14. The summed E-state index contributed by atoms with van der Waals surface area (Å²) < 4.78 is 7.12. The van der Waals surface area contributed by atoms with Crippen LogP contribution in [0.2, 0.25) is 5.02 Å². The van der Waals surface area contributed by atoms with Gasteiger partial charge < -0.3 is 15.4 Å². The predicted octanol–water partition coefficient (Wildman–Crippen LogP) is 2.58. The van der Waals surface area contributed by atoms with E-state index in [1.807, 2.05) is 19.1 Å². The van der Waals surface area contributed by atoms with Gasteiger partial charge >= 0.3 is 0 Å². The van der Waals surface area contributed by atoms with Crippen LogP contribution in [-0.4, -0.2) is 49.0 Å². The number of hydrogen-bond acceptors (Lipinski definition) is 4. The maximum Gasteiger partial charge on any atom is 0.254 e. The van der Waals surface area contributed by atoms with Crippen molar-refractivity contribution in [1.82, 2.24) is 20.4 Å². The van der Waals surface area contributed by atoms with Crippen LogP contribution in [0, 0.1) is 12.3 Å². The molecule has 1 fully saturated rings. The summed E-state index contributed by atoms with van der Waals surface area (Å²) in [6, 6.07) is 7.36. The van der Waals surface area contributed by atoms with Crippen molar-refractivity contribution in [3.63, 3.8) is 0 Å². The molecule has 0 saturated carbocycles. The maximum absolute atomic E-state index is 12.7. The Bertz CT molecular complexity index is 746. The van der Waals surface area contributed by atoms with Crippen LogP contribution in [0.5, 0.6) is 0 Å². The van der Waals surface area contributed by atoms with E-state index in [1.54, 1.807) is 30.1 Å². The first-order valence-corrected chi connectivity index (χ1v) is 9.21. The summed E-state index contributed by atoms with van der Waals surface area (Å²) in [6.07, 6.45) is 3.74. The summed E-state index contributed by atoms with van der Waals surface area (Å²) in [4.78, 5) is 12.7. The minimum absolute atomic E-state index is 0.00423. The Labute approximate surface area is 158 Å². The summed E-state index contributed by atoms with van der Waals surface area (Å²) in [5, 5.41) is 11.6. The van der Waals surface area contributed by atoms with Gasteiger partial charge in [0.25, 0.3) is 5.91 Å². The quantitative estimate of drug-likeness (QED) is 0.813. The molecule has 1 saturated heterocycles. The van der Waals surface area contributed by atoms with Crippen LogP contribution in [-0.2, 0) is 4.74 Å². The standard InChI is InChI=1S/C19H25ClN4O2/c1-14-17(11-24(23-14)16-5-3-15(20)4-6-16)18(25)22-12-19(13-26-2)7-9-21-10-8-19/h3-6,11,21H,7-10,12-13H2,1-2H3,(H,22,25). The van der Waals surface area contributed by atoms with Gasteiger partial charge in [-0.3, -0.25) is 4.79 Å². The van der Waals surface area contributed by atoms with Crippen molar-refractivity contribution in [2.45, 2.75) is 19.8 Å². The number of aryl methyl sites for hydroxylation is 1. The summed E-state index contributed by atoms with van der Waals surface area (Å²) in [6.45, 7) is 5.00. The highest BCUT2D eigenvalue weighted by Gasteiger charge is 2.32. The van der Waals surface area contributed by atoms with Gasteiger partial charge in [0.1, 0.15) is 0 Å². The molecule has 2 aromatic rings. The van der Waals surface area contributed by atoms with Crippen molar-refractivity contribution in [3.8, 4) is 5.69 Å². The third-order valence-corrected chi connectivity index (χ3v) is 5.23. The Balaban J connectivity index is 1.70. The molecule has 0 atom stereocenters. The number of aromatic nitrogens is 2. The predicted molar refractivity (Wildman–Crippen MR) is 102 cm³/mol. The zero-order chi connectivity index (χ0) is 18.6. The fourth-order valence-corrected chi connectivity index (χ4v) is 3.53. The molecule has 2 heterocycles. The van der Waals surface area contributed by atoms with Gasteiger partial charge in [-0.05, 0) is 57.1 Å². The van der Waals surface area contributed by atoms with E-state index in [2.05, 4.69) is 15.7 Å². The fraction of sp³-hybridized carbons (Fsp3) is 0.474. The van der Waals surface area contributed by atoms with E-state index in [0.29, 0.717) is 29.4 Å². The van der Waals surface area contributed by atoms with Crippen LogP contribution in [0.15, 0.2) is 30.5 Å². The number of piperidine rings is 1. The Kier molecular flexibility index (Phi) is 5.96. The minimum Gasteiger partial charge on any atom is -0.384 e. The number of carbonyl (C=O) groups is 1. The molecular weight excluding hydrogens is 352 g/mol. The van der Waals surface area contributed by atoms with Gasteiger partial charge in [-0.2, -0.15) is 5.10 Å². The molecule has 0 radical (unpaired) electrons. The number of nitrogens with one attached hydrogen (secondary N) is 2. The summed E-state index contributed by atoms with van der Waals surface area (Å²) in [5.74, 6) is -0.100. The highest BCUT2D eigenvalue weighted by Crippen LogP contribution is 2.28. The Hall–Kier alpha value is -1.89. The SMILES string of the molecule is COCC1(CNC(=O)c2cn(-c3ccc(Cl)cc3)nc2C)CCNCC1. The molecule has 3 rings (SSSR count). The van der Waals surface area contributed by atoms with Gasteiger partial charge in [0.05, 0.1) is 23.6 Å². The second kappa shape index (κ2) is 8.20. The minimum atomic E-state index is -0.100. The van der Waals surface area contributed by atoms with Gasteiger partial charge in [-0.15, -0.1) is 0 Å². The lowest BCUT2D eigenvalue weighted by Crippen LogP contribution is -2.47. The second-order valence-electron chi connectivity index (χ2n) is 6.91. The van der Waals surface area contributed by atoms with Crippen molar-refractivity contribution >= 4 is 17.5 Å². The topological polar surface area (TPSA) is 68.2 Å². The van der Waals surface area contributed by atoms with E-state index in [1.165, 1.54) is 0 Å². The normalized spacial score (nSPS) is 16.4. The number of rotatable bonds is 6. The number of nitrogens with zero attached hydrogens (tertiary/aromatic N) is 2. The molecule has 0 unspecified atom stereocenters. The van der Waals surface area contributed by atoms with Crippen LogP contribution in [0.4, 0.5) is 0 Å². The smallest absolute Gasteiger partial charge is 0.254 e. The largest absolute Gasteiger partial charge is 0.384 e. The highest BCUT2D eigenvalue weighted by atomic mass is 35.5. The number of amides is 1. The zero-order valence-corrected chi connectivity index (χ0v) is 16.0. The van der Waals surface area contributed by atoms with Crippen molar-refractivity contribution in [2.24, 2.45) is 5.41 Å². The molecule has 0 bridgehead atoms. The first kappa shape index (κ1) is 18.9. The number of ether oxygens (including phenoxy) is 1. The van der Waals surface area contributed by atoms with Gasteiger partial charge in [0.2, 0.25) is 0 Å². The van der Waals surface area contributed by atoms with Gasteiger partial charge in [-0.25, -0.2) is 4.68 Å². The van der Waals surface area contributed by atoms with Crippen LogP contribution < -0.4 is 10.6 Å². The summed E-state index contributed by atoms with van der Waals surface area (Å²) in [7, 11) is 1.71. The molecule has 6 nitrogen and oxygen atoms in total. The molecule has 2 N–H and O–H groups in total. The molecule has 7 heteroatoms. The Morgan fingerprint density at radius 3 is 2.69 bits per heavy atom. The fourth-order valence-electron chi connectivity index (χ4n) is 3.41. The van der Waals surface area contributed by atoms with Crippen molar-refractivity contribution in [3.05, 3.63) is 46.7 Å². The van der Waals surface area contributed by atoms with Crippen molar-refractivity contribution < 1.29 is 9.53 Å². The molecule has 140 valence electrons. The van der Waals surface area contributed by atoms with Crippen molar-refractivity contribution in [1.29, 1.82) is 0 Å². The van der Waals surface area contributed by atoms with E-state index < -0.39 is 0 Å². The van der Waals surface area contributed by atoms with E-state index >= 15 is 0 Å². The zero-order valence-electron chi connectivity index (χ0n) is 15.2. The third kappa shape index (κ3) is 4.26. The number of carbonyl (C=O) groups excluding carboxylic acids is 1. The lowest BCUT2D eigenvalue weighted by Gasteiger charge is -2.37. The first-order valence-electron chi connectivity index (χ1n) is 8.83. The highest BCUT2D eigenvalue weighted by molar-refractivity contribution is 6.30. The lowest BCUT2D eigenvalue weighted by molar-refractivity contribution is 0.0511.